The maximum absolute atomic E-state index is 13.4. The molecular formula is C25H26F3N3O2. The first kappa shape index (κ1) is 23.0. The predicted molar refractivity (Wildman–Crippen MR) is 118 cm³/mol. The van der Waals surface area contributed by atoms with Crippen molar-refractivity contribution in [3.8, 4) is 0 Å². The maximum atomic E-state index is 13.4. The van der Waals surface area contributed by atoms with Crippen molar-refractivity contribution in [2.24, 2.45) is 0 Å². The molecule has 0 spiro atoms. The molecule has 1 atom stereocenters. The summed E-state index contributed by atoms with van der Waals surface area (Å²) >= 11 is 0. The summed E-state index contributed by atoms with van der Waals surface area (Å²) in [5, 5.41) is 0. The van der Waals surface area contributed by atoms with Gasteiger partial charge in [0.25, 0.3) is 5.91 Å². The Morgan fingerprint density at radius 1 is 1.18 bits per heavy atom. The van der Waals surface area contributed by atoms with Gasteiger partial charge in [0.2, 0.25) is 0 Å². The van der Waals surface area contributed by atoms with E-state index in [-0.39, 0.29) is 30.7 Å². The highest BCUT2D eigenvalue weighted by molar-refractivity contribution is 5.94. The Morgan fingerprint density at radius 2 is 1.94 bits per heavy atom. The van der Waals surface area contributed by atoms with Crippen LogP contribution in [0.25, 0.3) is 0 Å². The Bertz CT molecular complexity index is 1090. The number of amides is 1. The van der Waals surface area contributed by atoms with Gasteiger partial charge in [-0.1, -0.05) is 35.9 Å². The molecule has 33 heavy (non-hydrogen) atoms. The molecule has 1 aliphatic heterocycles. The molecule has 0 N–H and O–H groups in total. The van der Waals surface area contributed by atoms with E-state index in [0.717, 1.165) is 24.5 Å². The van der Waals surface area contributed by atoms with E-state index in [1.54, 1.807) is 40.1 Å². The molecule has 5 nitrogen and oxygen atoms in total. The fraction of sp³-hybridized carbons (Fsp3) is 0.360. The highest BCUT2D eigenvalue weighted by Crippen LogP contribution is 2.32. The summed E-state index contributed by atoms with van der Waals surface area (Å²) in [6.07, 6.45) is 0.499. The van der Waals surface area contributed by atoms with Crippen molar-refractivity contribution < 1.29 is 22.7 Å². The molecule has 174 valence electrons. The van der Waals surface area contributed by atoms with Gasteiger partial charge in [-0.3, -0.25) is 4.79 Å². The first-order chi connectivity index (χ1) is 15.8. The molecule has 1 aliphatic rings. The van der Waals surface area contributed by atoms with Crippen LogP contribution in [0.1, 0.15) is 45.7 Å². The Hall–Kier alpha value is -3.13. The van der Waals surface area contributed by atoms with Crippen LogP contribution in [-0.2, 0) is 24.0 Å². The third kappa shape index (κ3) is 5.63. The number of benzene rings is 2. The fourth-order valence-corrected chi connectivity index (χ4v) is 4.06. The van der Waals surface area contributed by atoms with Gasteiger partial charge in [0, 0.05) is 37.7 Å². The molecule has 0 saturated carbocycles. The summed E-state index contributed by atoms with van der Waals surface area (Å²) in [7, 11) is 0. The average Bonchev–Trinajstić information content (AvgIpc) is 3.45. The molecule has 1 unspecified atom stereocenters. The molecule has 1 fully saturated rings. The van der Waals surface area contributed by atoms with Gasteiger partial charge < -0.3 is 14.2 Å². The van der Waals surface area contributed by atoms with Crippen molar-refractivity contribution >= 4 is 5.91 Å². The number of aryl methyl sites for hydroxylation is 1. The van der Waals surface area contributed by atoms with Crippen molar-refractivity contribution in [2.45, 2.75) is 45.1 Å². The quantitative estimate of drug-likeness (QED) is 0.497. The molecule has 0 aliphatic carbocycles. The highest BCUT2D eigenvalue weighted by Gasteiger charge is 2.33. The molecule has 1 saturated heterocycles. The number of ether oxygens (including phenoxy) is 1. The topological polar surface area (TPSA) is 47.4 Å². The number of imidazole rings is 1. The standard InChI is InChI=1S/C25H26F3N3O2/c1-18-8-10-19(11-9-18)24(32)31(16-21-6-4-14-33-21)17-23-29-12-13-30(23)15-20-5-2-3-7-22(20)25(26,27)28/h2-3,5,7-13,21H,4,6,14-17H2,1H3. The number of hydrogen-bond donors (Lipinski definition) is 0. The molecule has 1 amide bonds. The number of halogens is 3. The zero-order chi connectivity index (χ0) is 23.4. The van der Waals surface area contributed by atoms with Crippen LogP contribution in [0.5, 0.6) is 0 Å². The van der Waals surface area contributed by atoms with Crippen LogP contribution < -0.4 is 0 Å². The molecular weight excluding hydrogens is 431 g/mol. The van der Waals surface area contributed by atoms with Crippen LogP contribution in [0.2, 0.25) is 0 Å². The average molecular weight is 457 g/mol. The SMILES string of the molecule is Cc1ccc(C(=O)N(Cc2nccn2Cc2ccccc2C(F)(F)F)CC2CCCO2)cc1. The summed E-state index contributed by atoms with van der Waals surface area (Å²) in [5.41, 5.74) is 1.09. The predicted octanol–water partition coefficient (Wildman–Crippen LogP) is 5.08. The highest BCUT2D eigenvalue weighted by atomic mass is 19.4. The number of rotatable bonds is 7. The summed E-state index contributed by atoms with van der Waals surface area (Å²) in [6.45, 7) is 3.21. The molecule has 2 heterocycles. The van der Waals surface area contributed by atoms with Crippen LogP contribution >= 0.6 is 0 Å². The lowest BCUT2D eigenvalue weighted by atomic mass is 10.1. The third-order valence-electron chi connectivity index (χ3n) is 5.83. The number of carbonyl (C=O) groups excluding carboxylic acids is 1. The van der Waals surface area contributed by atoms with E-state index >= 15 is 0 Å². The van der Waals surface area contributed by atoms with E-state index in [9.17, 15) is 18.0 Å². The van der Waals surface area contributed by atoms with E-state index in [1.165, 1.54) is 12.1 Å². The van der Waals surface area contributed by atoms with Crippen LogP contribution in [0.4, 0.5) is 13.2 Å². The number of carbonyl (C=O) groups is 1. The molecule has 2 aromatic carbocycles. The zero-order valence-electron chi connectivity index (χ0n) is 18.4. The Labute approximate surface area is 190 Å². The summed E-state index contributed by atoms with van der Waals surface area (Å²) in [5.74, 6) is 0.362. The Balaban J connectivity index is 1.58. The van der Waals surface area contributed by atoms with E-state index in [1.807, 2.05) is 19.1 Å². The largest absolute Gasteiger partial charge is 0.416 e. The lowest BCUT2D eigenvalue weighted by Crippen LogP contribution is -2.37. The van der Waals surface area contributed by atoms with Gasteiger partial charge in [-0.2, -0.15) is 13.2 Å². The number of alkyl halides is 3. The molecule has 0 radical (unpaired) electrons. The second-order valence-corrected chi connectivity index (χ2v) is 8.31. The summed E-state index contributed by atoms with van der Waals surface area (Å²) in [6, 6.07) is 12.8. The fourth-order valence-electron chi connectivity index (χ4n) is 4.06. The molecule has 0 bridgehead atoms. The monoisotopic (exact) mass is 457 g/mol. The van der Waals surface area contributed by atoms with Crippen LogP contribution in [0.3, 0.4) is 0 Å². The zero-order valence-corrected chi connectivity index (χ0v) is 18.4. The van der Waals surface area contributed by atoms with Crippen LogP contribution in [0.15, 0.2) is 60.9 Å². The summed E-state index contributed by atoms with van der Waals surface area (Å²) < 4.78 is 47.7. The lowest BCUT2D eigenvalue weighted by Gasteiger charge is -2.26. The molecule has 1 aromatic heterocycles. The van der Waals surface area contributed by atoms with Crippen molar-refractivity contribution in [3.63, 3.8) is 0 Å². The van der Waals surface area contributed by atoms with Gasteiger partial charge in [0.1, 0.15) is 5.82 Å². The second kappa shape index (κ2) is 9.79. The smallest absolute Gasteiger partial charge is 0.376 e. The Kier molecular flexibility index (Phi) is 6.83. The third-order valence-corrected chi connectivity index (χ3v) is 5.83. The van der Waals surface area contributed by atoms with Crippen molar-refractivity contribution in [1.82, 2.24) is 14.5 Å². The first-order valence-electron chi connectivity index (χ1n) is 10.9. The van der Waals surface area contributed by atoms with E-state index in [0.29, 0.717) is 24.5 Å². The number of aromatic nitrogens is 2. The lowest BCUT2D eigenvalue weighted by molar-refractivity contribution is -0.138. The Morgan fingerprint density at radius 3 is 2.64 bits per heavy atom. The van der Waals surface area contributed by atoms with Crippen LogP contribution in [-0.4, -0.2) is 39.6 Å². The maximum Gasteiger partial charge on any atom is 0.416 e. The number of nitrogens with zero attached hydrogens (tertiary/aromatic N) is 3. The minimum absolute atomic E-state index is 0.0114. The number of hydrogen-bond acceptors (Lipinski definition) is 3. The van der Waals surface area contributed by atoms with Crippen LogP contribution in [0, 0.1) is 6.92 Å². The van der Waals surface area contributed by atoms with Gasteiger partial charge in [-0.25, -0.2) is 4.98 Å². The minimum Gasteiger partial charge on any atom is -0.376 e. The minimum atomic E-state index is -4.44. The van der Waals surface area contributed by atoms with Crippen molar-refractivity contribution in [3.05, 3.63) is 89.0 Å². The first-order valence-corrected chi connectivity index (χ1v) is 10.9. The van der Waals surface area contributed by atoms with E-state index in [2.05, 4.69) is 4.98 Å². The van der Waals surface area contributed by atoms with E-state index in [4.69, 9.17) is 4.74 Å². The van der Waals surface area contributed by atoms with Gasteiger partial charge in [-0.15, -0.1) is 0 Å². The summed E-state index contributed by atoms with van der Waals surface area (Å²) in [4.78, 5) is 19.3. The molecule has 8 heteroatoms. The van der Waals surface area contributed by atoms with Crippen molar-refractivity contribution in [1.29, 1.82) is 0 Å². The van der Waals surface area contributed by atoms with Gasteiger partial charge in [0.05, 0.1) is 18.2 Å². The van der Waals surface area contributed by atoms with Crippen molar-refractivity contribution in [2.75, 3.05) is 13.2 Å². The van der Waals surface area contributed by atoms with Gasteiger partial charge >= 0.3 is 6.18 Å². The van der Waals surface area contributed by atoms with Gasteiger partial charge in [-0.05, 0) is 43.5 Å². The molecule has 3 aromatic rings. The normalized spacial score (nSPS) is 16.2. The van der Waals surface area contributed by atoms with Gasteiger partial charge in [0.15, 0.2) is 0 Å². The van der Waals surface area contributed by atoms with E-state index < -0.39 is 11.7 Å². The molecule has 4 rings (SSSR count). The second-order valence-electron chi connectivity index (χ2n) is 8.31.